The van der Waals surface area contributed by atoms with Crippen molar-refractivity contribution in [3.63, 3.8) is 0 Å². The third-order valence-corrected chi connectivity index (χ3v) is 2.81. The molecular weight excluding hydrogens is 244 g/mol. The highest BCUT2D eigenvalue weighted by Crippen LogP contribution is 2.21. The van der Waals surface area contributed by atoms with E-state index in [1.54, 1.807) is 7.11 Å². The van der Waals surface area contributed by atoms with Crippen LogP contribution < -0.4 is 4.74 Å². The van der Waals surface area contributed by atoms with Crippen molar-refractivity contribution in [3.8, 4) is 5.75 Å². The average molecular weight is 258 g/mol. The Bertz CT molecular complexity index is 558. The summed E-state index contributed by atoms with van der Waals surface area (Å²) in [5.74, 6) is -0.912. The molecule has 2 rings (SSSR count). The highest BCUT2D eigenvalue weighted by Gasteiger charge is 2.22. The summed E-state index contributed by atoms with van der Waals surface area (Å²) in [5, 5.41) is 9.32. The molecule has 98 valence electrons. The van der Waals surface area contributed by atoms with Gasteiger partial charge in [-0.1, -0.05) is 12.1 Å². The smallest absolute Gasteiger partial charge is 0.312 e. The van der Waals surface area contributed by atoms with Crippen molar-refractivity contribution in [2.75, 3.05) is 7.11 Å². The van der Waals surface area contributed by atoms with Gasteiger partial charge in [-0.05, 0) is 24.1 Å². The second-order valence-electron chi connectivity index (χ2n) is 4.08. The van der Waals surface area contributed by atoms with Crippen molar-refractivity contribution in [1.29, 1.82) is 0 Å². The van der Waals surface area contributed by atoms with Crippen molar-refractivity contribution in [2.24, 2.45) is 0 Å². The van der Waals surface area contributed by atoms with Crippen LogP contribution in [-0.4, -0.2) is 28.2 Å². The Hall–Kier alpha value is -2.43. The zero-order valence-corrected chi connectivity index (χ0v) is 10.5. The lowest BCUT2D eigenvalue weighted by Crippen LogP contribution is -2.16. The maximum atomic E-state index is 11.4. The zero-order chi connectivity index (χ0) is 13.7. The molecule has 0 radical (unpaired) electrons. The number of carboxylic acid groups (broad SMARTS) is 1. The van der Waals surface area contributed by atoms with Crippen LogP contribution in [0.4, 0.5) is 0 Å². The van der Waals surface area contributed by atoms with E-state index in [1.807, 2.05) is 24.3 Å². The summed E-state index contributed by atoms with van der Waals surface area (Å²) >= 11 is 0. The van der Waals surface area contributed by atoms with Crippen LogP contribution >= 0.6 is 0 Å². The molecule has 1 aromatic carbocycles. The van der Waals surface area contributed by atoms with E-state index in [4.69, 9.17) is 4.74 Å². The Morgan fingerprint density at radius 3 is 2.89 bits per heavy atom. The van der Waals surface area contributed by atoms with E-state index in [-0.39, 0.29) is 0 Å². The van der Waals surface area contributed by atoms with Crippen molar-refractivity contribution in [2.45, 2.75) is 12.3 Å². The molecule has 1 atom stereocenters. The van der Waals surface area contributed by atoms with E-state index in [1.165, 1.54) is 18.6 Å². The van der Waals surface area contributed by atoms with Gasteiger partial charge in [-0.3, -0.25) is 14.8 Å². The topological polar surface area (TPSA) is 72.3 Å². The lowest BCUT2D eigenvalue weighted by Gasteiger charge is -2.12. The van der Waals surface area contributed by atoms with Gasteiger partial charge in [0, 0.05) is 18.6 Å². The van der Waals surface area contributed by atoms with Crippen LogP contribution in [-0.2, 0) is 11.2 Å². The number of benzene rings is 1. The Labute approximate surface area is 110 Å². The zero-order valence-electron chi connectivity index (χ0n) is 10.5. The number of hydrogen-bond donors (Lipinski definition) is 1. The van der Waals surface area contributed by atoms with Gasteiger partial charge in [0.1, 0.15) is 11.7 Å². The third-order valence-electron chi connectivity index (χ3n) is 2.81. The molecule has 19 heavy (non-hydrogen) atoms. The van der Waals surface area contributed by atoms with Gasteiger partial charge in [0.2, 0.25) is 0 Å². The highest BCUT2D eigenvalue weighted by molar-refractivity contribution is 5.75. The number of carboxylic acids is 1. The number of rotatable bonds is 5. The van der Waals surface area contributed by atoms with E-state index in [0.29, 0.717) is 17.9 Å². The predicted octanol–water partition coefficient (Wildman–Crippen LogP) is 1.90. The normalized spacial score (nSPS) is 11.8. The monoisotopic (exact) mass is 258 g/mol. The predicted molar refractivity (Wildman–Crippen MR) is 69.1 cm³/mol. The number of aliphatic carboxylic acids is 1. The number of aromatic nitrogens is 2. The number of carbonyl (C=O) groups is 1. The molecule has 2 aromatic rings. The van der Waals surface area contributed by atoms with Crippen LogP contribution in [0.2, 0.25) is 0 Å². The van der Waals surface area contributed by atoms with Crippen LogP contribution in [0.25, 0.3) is 0 Å². The van der Waals surface area contributed by atoms with Gasteiger partial charge >= 0.3 is 5.97 Å². The van der Waals surface area contributed by atoms with E-state index >= 15 is 0 Å². The maximum Gasteiger partial charge on any atom is 0.312 e. The second-order valence-corrected chi connectivity index (χ2v) is 4.08. The first kappa shape index (κ1) is 13.0. The van der Waals surface area contributed by atoms with Crippen LogP contribution in [0.15, 0.2) is 42.9 Å². The fourth-order valence-electron chi connectivity index (χ4n) is 1.84. The standard InChI is InChI=1S/C14H14N2O3/c1-19-11-4-2-3-10(7-11)8-12(14(17)18)13-9-15-5-6-16-13/h2-7,9,12H,8H2,1H3,(H,17,18). The molecule has 5 heteroatoms. The van der Waals surface area contributed by atoms with Crippen LogP contribution in [0, 0.1) is 0 Å². The quantitative estimate of drug-likeness (QED) is 0.886. The van der Waals surface area contributed by atoms with E-state index in [0.717, 1.165) is 5.56 Å². The minimum atomic E-state index is -0.914. The molecule has 1 unspecified atom stereocenters. The number of ether oxygens (including phenoxy) is 1. The van der Waals surface area contributed by atoms with Crippen LogP contribution in [0.1, 0.15) is 17.2 Å². The van der Waals surface area contributed by atoms with Crippen LogP contribution in [0.5, 0.6) is 5.75 Å². The number of hydrogen-bond acceptors (Lipinski definition) is 4. The molecule has 1 aromatic heterocycles. The summed E-state index contributed by atoms with van der Waals surface area (Å²) < 4.78 is 5.13. The first-order chi connectivity index (χ1) is 9.20. The fourth-order valence-corrected chi connectivity index (χ4v) is 1.84. The Morgan fingerprint density at radius 2 is 2.26 bits per heavy atom. The Morgan fingerprint density at radius 1 is 1.42 bits per heavy atom. The van der Waals surface area contributed by atoms with E-state index in [2.05, 4.69) is 9.97 Å². The van der Waals surface area contributed by atoms with Crippen molar-refractivity contribution in [3.05, 3.63) is 54.1 Å². The van der Waals surface area contributed by atoms with E-state index in [9.17, 15) is 9.90 Å². The molecule has 0 fully saturated rings. The average Bonchev–Trinajstić information content (AvgIpc) is 2.45. The van der Waals surface area contributed by atoms with Gasteiger partial charge in [-0.25, -0.2) is 0 Å². The van der Waals surface area contributed by atoms with Crippen molar-refractivity contribution >= 4 is 5.97 Å². The van der Waals surface area contributed by atoms with Crippen LogP contribution in [0.3, 0.4) is 0 Å². The molecule has 1 heterocycles. The summed E-state index contributed by atoms with van der Waals surface area (Å²) in [5.41, 5.74) is 1.34. The van der Waals surface area contributed by atoms with Gasteiger partial charge < -0.3 is 9.84 Å². The molecule has 0 saturated carbocycles. The van der Waals surface area contributed by atoms with Gasteiger partial charge in [0.05, 0.1) is 12.8 Å². The first-order valence-electron chi connectivity index (χ1n) is 5.82. The summed E-state index contributed by atoms with van der Waals surface area (Å²) in [6.45, 7) is 0. The van der Waals surface area contributed by atoms with Crippen molar-refractivity contribution < 1.29 is 14.6 Å². The fraction of sp³-hybridized carbons (Fsp3) is 0.214. The minimum Gasteiger partial charge on any atom is -0.497 e. The van der Waals surface area contributed by atoms with Gasteiger partial charge in [-0.15, -0.1) is 0 Å². The number of nitrogens with zero attached hydrogens (tertiary/aromatic N) is 2. The highest BCUT2D eigenvalue weighted by atomic mass is 16.5. The van der Waals surface area contributed by atoms with Gasteiger partial charge in [0.15, 0.2) is 0 Å². The molecule has 0 aliphatic heterocycles. The molecule has 1 N–H and O–H groups in total. The maximum absolute atomic E-state index is 11.4. The Kier molecular flexibility index (Phi) is 4.07. The molecule has 0 amide bonds. The minimum absolute atomic E-state index is 0.352. The Balaban J connectivity index is 2.24. The molecule has 0 bridgehead atoms. The largest absolute Gasteiger partial charge is 0.497 e. The van der Waals surface area contributed by atoms with Crippen molar-refractivity contribution in [1.82, 2.24) is 9.97 Å². The summed E-state index contributed by atoms with van der Waals surface area (Å²) in [7, 11) is 1.58. The second kappa shape index (κ2) is 5.95. The molecule has 0 saturated heterocycles. The molecule has 0 spiro atoms. The SMILES string of the molecule is COc1cccc(CC(C(=O)O)c2cnccn2)c1. The summed E-state index contributed by atoms with van der Waals surface area (Å²) in [6.07, 6.45) is 4.86. The molecular formula is C14H14N2O3. The lowest BCUT2D eigenvalue weighted by atomic mass is 9.96. The third kappa shape index (κ3) is 3.28. The van der Waals surface area contributed by atoms with E-state index < -0.39 is 11.9 Å². The molecule has 5 nitrogen and oxygen atoms in total. The van der Waals surface area contributed by atoms with Gasteiger partial charge in [-0.2, -0.15) is 0 Å². The summed E-state index contributed by atoms with van der Waals surface area (Å²) in [4.78, 5) is 19.3. The summed E-state index contributed by atoms with van der Waals surface area (Å²) in [6, 6.07) is 7.35. The lowest BCUT2D eigenvalue weighted by molar-refractivity contribution is -0.138. The van der Waals surface area contributed by atoms with Gasteiger partial charge in [0.25, 0.3) is 0 Å². The molecule has 0 aliphatic rings. The number of methoxy groups -OCH3 is 1. The molecule has 0 aliphatic carbocycles. The first-order valence-corrected chi connectivity index (χ1v) is 5.82.